The Balaban J connectivity index is 1.46. The molecule has 0 saturated heterocycles. The Morgan fingerprint density at radius 1 is 1.27 bits per heavy atom. The fourth-order valence-electron chi connectivity index (χ4n) is 3.93. The Hall–Kier alpha value is -2.61. The second kappa shape index (κ2) is 6.28. The van der Waals surface area contributed by atoms with Gasteiger partial charge in [-0.25, -0.2) is 18.7 Å². The van der Waals surface area contributed by atoms with Crippen molar-refractivity contribution in [3.8, 4) is 0 Å². The third-order valence-electron chi connectivity index (χ3n) is 5.34. The highest BCUT2D eigenvalue weighted by Crippen LogP contribution is 2.37. The Bertz CT molecular complexity index is 888. The van der Waals surface area contributed by atoms with Gasteiger partial charge in [-0.2, -0.15) is 0 Å². The van der Waals surface area contributed by atoms with E-state index in [-0.39, 0.29) is 18.2 Å². The van der Waals surface area contributed by atoms with Crippen molar-refractivity contribution in [1.82, 2.24) is 14.9 Å². The number of nitrogen functional groups attached to an aromatic ring is 1. The highest BCUT2D eigenvalue weighted by Gasteiger charge is 2.33. The van der Waals surface area contributed by atoms with E-state index in [2.05, 4.69) is 9.97 Å². The third kappa shape index (κ3) is 2.80. The summed E-state index contributed by atoms with van der Waals surface area (Å²) in [7, 11) is 0. The molecule has 1 amide bonds. The number of nitrogens with two attached hydrogens (primary N) is 2. The van der Waals surface area contributed by atoms with Crippen LogP contribution >= 0.6 is 0 Å². The zero-order chi connectivity index (χ0) is 18.4. The van der Waals surface area contributed by atoms with E-state index < -0.39 is 17.7 Å². The number of carbonyl (C=O) groups is 1. The molecule has 0 bridgehead atoms. The van der Waals surface area contributed by atoms with Crippen molar-refractivity contribution in [3.63, 3.8) is 0 Å². The summed E-state index contributed by atoms with van der Waals surface area (Å²) in [6.45, 7) is 0.753. The van der Waals surface area contributed by atoms with Crippen LogP contribution in [0.3, 0.4) is 0 Å². The molecule has 1 aromatic heterocycles. The number of carbonyl (C=O) groups excluding carboxylic acids is 1. The topological polar surface area (TPSA) is 98.1 Å². The van der Waals surface area contributed by atoms with E-state index in [9.17, 15) is 13.6 Å². The maximum atomic E-state index is 13.6. The standard InChI is InChI=1S/C18H19F2N5O/c19-13-3-9-1-2-10(11(9)4-14(13)20)15(21)5-17(26)25-6-12-16(7-25)23-8-24-18(12)22/h3-4,8,10,15H,1-2,5-7,21H2,(H2,22,23,24)/t10-,15-/m0/s1. The second-order valence-electron chi connectivity index (χ2n) is 6.91. The van der Waals surface area contributed by atoms with Crippen LogP contribution in [0.15, 0.2) is 18.5 Å². The van der Waals surface area contributed by atoms with Crippen molar-refractivity contribution in [3.05, 3.63) is 52.5 Å². The van der Waals surface area contributed by atoms with Gasteiger partial charge in [-0.15, -0.1) is 0 Å². The molecule has 26 heavy (non-hydrogen) atoms. The molecular formula is C18H19F2N5O. The van der Waals surface area contributed by atoms with Gasteiger partial charge >= 0.3 is 0 Å². The Kier molecular flexibility index (Phi) is 4.07. The van der Waals surface area contributed by atoms with Crippen LogP contribution in [0.1, 0.15) is 41.1 Å². The quantitative estimate of drug-likeness (QED) is 0.868. The minimum atomic E-state index is -0.877. The predicted molar refractivity (Wildman–Crippen MR) is 90.7 cm³/mol. The van der Waals surface area contributed by atoms with E-state index in [1.807, 2.05) is 0 Å². The largest absolute Gasteiger partial charge is 0.383 e. The van der Waals surface area contributed by atoms with Gasteiger partial charge in [0.05, 0.1) is 18.8 Å². The molecule has 4 rings (SSSR count). The van der Waals surface area contributed by atoms with Gasteiger partial charge in [-0.1, -0.05) is 0 Å². The summed E-state index contributed by atoms with van der Waals surface area (Å²) >= 11 is 0. The van der Waals surface area contributed by atoms with Crippen LogP contribution in [0.2, 0.25) is 0 Å². The number of fused-ring (bicyclic) bond motifs is 2. The van der Waals surface area contributed by atoms with E-state index in [0.717, 1.165) is 16.8 Å². The lowest BCUT2D eigenvalue weighted by Crippen LogP contribution is -2.35. The van der Waals surface area contributed by atoms with Crippen molar-refractivity contribution in [1.29, 1.82) is 0 Å². The van der Waals surface area contributed by atoms with Crippen LogP contribution in [-0.4, -0.2) is 26.8 Å². The van der Waals surface area contributed by atoms with Gasteiger partial charge in [0.1, 0.15) is 12.1 Å². The number of hydrogen-bond donors (Lipinski definition) is 2. The van der Waals surface area contributed by atoms with E-state index in [1.54, 1.807) is 4.90 Å². The predicted octanol–water partition coefficient (Wildman–Crippen LogP) is 1.63. The van der Waals surface area contributed by atoms with Crippen LogP contribution in [0.5, 0.6) is 0 Å². The number of benzene rings is 1. The van der Waals surface area contributed by atoms with E-state index >= 15 is 0 Å². The second-order valence-corrected chi connectivity index (χ2v) is 6.91. The molecule has 1 aliphatic carbocycles. The lowest BCUT2D eigenvalue weighted by atomic mass is 9.91. The molecule has 4 N–H and O–H groups in total. The molecule has 136 valence electrons. The van der Waals surface area contributed by atoms with Gasteiger partial charge in [-0.05, 0) is 36.1 Å². The summed E-state index contributed by atoms with van der Waals surface area (Å²) < 4.78 is 27.0. The van der Waals surface area contributed by atoms with Crippen molar-refractivity contribution in [2.75, 3.05) is 5.73 Å². The molecule has 1 aliphatic heterocycles. The number of rotatable bonds is 3. The normalized spacial score (nSPS) is 19.3. The van der Waals surface area contributed by atoms with Crippen molar-refractivity contribution >= 4 is 11.7 Å². The van der Waals surface area contributed by atoms with Crippen molar-refractivity contribution in [2.45, 2.75) is 44.3 Å². The molecule has 8 heteroatoms. The molecule has 2 aliphatic rings. The van der Waals surface area contributed by atoms with Crippen LogP contribution in [-0.2, 0) is 24.3 Å². The first-order chi connectivity index (χ1) is 12.4. The van der Waals surface area contributed by atoms with E-state index in [4.69, 9.17) is 11.5 Å². The summed E-state index contributed by atoms with van der Waals surface area (Å²) in [6, 6.07) is 1.99. The molecule has 0 saturated carbocycles. The number of halogens is 2. The van der Waals surface area contributed by atoms with Gasteiger partial charge in [0.15, 0.2) is 11.6 Å². The summed E-state index contributed by atoms with van der Waals surface area (Å²) in [5, 5.41) is 0. The molecule has 0 fully saturated rings. The highest BCUT2D eigenvalue weighted by atomic mass is 19.2. The SMILES string of the molecule is Nc1ncnc2c1CN(C(=O)C[C@H](N)[C@H]1CCc3cc(F)c(F)cc31)C2. The molecule has 2 atom stereocenters. The zero-order valence-corrected chi connectivity index (χ0v) is 14.1. The van der Waals surface area contributed by atoms with Gasteiger partial charge in [0, 0.05) is 23.9 Å². The molecule has 0 unspecified atom stereocenters. The fraction of sp³-hybridized carbons (Fsp3) is 0.389. The van der Waals surface area contributed by atoms with Gasteiger partial charge < -0.3 is 16.4 Å². The average molecular weight is 359 g/mol. The fourth-order valence-corrected chi connectivity index (χ4v) is 3.93. The summed E-state index contributed by atoms with van der Waals surface area (Å²) in [4.78, 5) is 22.4. The minimum absolute atomic E-state index is 0.106. The molecule has 0 radical (unpaired) electrons. The number of aromatic nitrogens is 2. The van der Waals surface area contributed by atoms with Crippen LogP contribution in [0.25, 0.3) is 0 Å². The number of anilines is 1. The molecule has 0 spiro atoms. The number of amides is 1. The Morgan fingerprint density at radius 2 is 2.04 bits per heavy atom. The van der Waals surface area contributed by atoms with Crippen molar-refractivity contribution < 1.29 is 13.6 Å². The number of hydrogen-bond acceptors (Lipinski definition) is 5. The Labute approximate surface area is 149 Å². The van der Waals surface area contributed by atoms with Crippen LogP contribution in [0, 0.1) is 11.6 Å². The lowest BCUT2D eigenvalue weighted by molar-refractivity contribution is -0.132. The average Bonchev–Trinajstić information content (AvgIpc) is 3.20. The Morgan fingerprint density at radius 3 is 2.81 bits per heavy atom. The summed E-state index contributed by atoms with van der Waals surface area (Å²) in [5.41, 5.74) is 15.1. The molecule has 2 heterocycles. The summed E-state index contributed by atoms with van der Waals surface area (Å²) in [6.07, 6.45) is 2.84. The number of aryl methyl sites for hydroxylation is 1. The summed E-state index contributed by atoms with van der Waals surface area (Å²) in [5.74, 6) is -1.59. The zero-order valence-electron chi connectivity index (χ0n) is 14.1. The monoisotopic (exact) mass is 359 g/mol. The first-order valence-electron chi connectivity index (χ1n) is 8.53. The van der Waals surface area contributed by atoms with Gasteiger partial charge in [-0.3, -0.25) is 4.79 Å². The minimum Gasteiger partial charge on any atom is -0.383 e. The van der Waals surface area contributed by atoms with Crippen LogP contribution < -0.4 is 11.5 Å². The highest BCUT2D eigenvalue weighted by molar-refractivity contribution is 5.78. The molecule has 6 nitrogen and oxygen atoms in total. The van der Waals surface area contributed by atoms with Crippen molar-refractivity contribution in [2.24, 2.45) is 5.73 Å². The first kappa shape index (κ1) is 16.8. The maximum absolute atomic E-state index is 13.6. The van der Waals surface area contributed by atoms with Gasteiger partial charge in [0.25, 0.3) is 0 Å². The lowest BCUT2D eigenvalue weighted by Gasteiger charge is -2.23. The first-order valence-corrected chi connectivity index (χ1v) is 8.53. The third-order valence-corrected chi connectivity index (χ3v) is 5.34. The smallest absolute Gasteiger partial charge is 0.224 e. The molecular weight excluding hydrogens is 340 g/mol. The number of nitrogens with zero attached hydrogens (tertiary/aromatic N) is 3. The van der Waals surface area contributed by atoms with Crippen LogP contribution in [0.4, 0.5) is 14.6 Å². The van der Waals surface area contributed by atoms with E-state index in [0.29, 0.717) is 37.3 Å². The maximum Gasteiger partial charge on any atom is 0.224 e. The molecule has 1 aromatic carbocycles. The van der Waals surface area contributed by atoms with E-state index in [1.165, 1.54) is 18.5 Å². The molecule has 2 aromatic rings. The van der Waals surface area contributed by atoms with Gasteiger partial charge in [0.2, 0.25) is 5.91 Å².